The van der Waals surface area contributed by atoms with Gasteiger partial charge in [0, 0.05) is 80.6 Å². The molecule has 15 aromatic rings. The Morgan fingerprint density at radius 2 is 0.900 bits per heavy atom. The summed E-state index contributed by atoms with van der Waals surface area (Å²) in [7, 11) is 0. The summed E-state index contributed by atoms with van der Waals surface area (Å²) in [6.45, 7) is 0. The SMILES string of the molecule is c1ccc(-c2nc(-c3ccc4c(c3)c3ccccc3n4-c3ccccc3)nc(-c3cccc4oc5ccc(-c6cccc7sc8ccc(-n9c%10ccccc%10c%10ccccc%109)cc8c67)cc5c34)n2)cc1. The molecular weight excluding hydrogens is 875 g/mol. The van der Waals surface area contributed by atoms with Gasteiger partial charge in [0.15, 0.2) is 17.5 Å². The van der Waals surface area contributed by atoms with E-state index in [2.05, 4.69) is 203 Å². The fourth-order valence-electron chi connectivity index (χ4n) is 10.9. The molecule has 326 valence electrons. The molecule has 0 unspecified atom stereocenters. The second-order valence-corrected chi connectivity index (χ2v) is 19.0. The Hall–Kier alpha value is -9.17. The molecule has 15 rings (SSSR count). The molecule has 0 N–H and O–H groups in total. The van der Waals surface area contributed by atoms with Crippen molar-refractivity contribution in [3.8, 4) is 56.7 Å². The Morgan fingerprint density at radius 1 is 0.314 bits per heavy atom. The molecule has 6 nitrogen and oxygen atoms in total. The molecule has 0 amide bonds. The molecule has 0 radical (unpaired) electrons. The van der Waals surface area contributed by atoms with Crippen molar-refractivity contribution < 1.29 is 4.42 Å². The third kappa shape index (κ3) is 5.89. The maximum atomic E-state index is 6.66. The molecule has 10 aromatic carbocycles. The third-order valence-electron chi connectivity index (χ3n) is 14.0. The van der Waals surface area contributed by atoms with Crippen LogP contribution in [-0.2, 0) is 0 Å². The lowest BCUT2D eigenvalue weighted by molar-refractivity contribution is 0.669. The van der Waals surface area contributed by atoms with E-state index in [4.69, 9.17) is 19.4 Å². The molecule has 0 fully saturated rings. The van der Waals surface area contributed by atoms with Crippen LogP contribution in [0.1, 0.15) is 0 Å². The Labute approximate surface area is 404 Å². The van der Waals surface area contributed by atoms with Crippen LogP contribution in [0.25, 0.3) is 142 Å². The number of rotatable bonds is 6. The highest BCUT2D eigenvalue weighted by Crippen LogP contribution is 2.45. The topological polar surface area (TPSA) is 61.7 Å². The van der Waals surface area contributed by atoms with Crippen LogP contribution in [0.4, 0.5) is 0 Å². The highest BCUT2D eigenvalue weighted by Gasteiger charge is 2.21. The summed E-state index contributed by atoms with van der Waals surface area (Å²) in [4.78, 5) is 15.8. The minimum absolute atomic E-state index is 0.581. The maximum Gasteiger partial charge on any atom is 0.164 e. The second-order valence-electron chi connectivity index (χ2n) is 17.9. The largest absolute Gasteiger partial charge is 0.456 e. The highest BCUT2D eigenvalue weighted by molar-refractivity contribution is 7.26. The van der Waals surface area contributed by atoms with Gasteiger partial charge in [-0.2, -0.15) is 0 Å². The first-order chi connectivity index (χ1) is 34.7. The molecule has 5 heterocycles. The molecule has 0 saturated heterocycles. The first-order valence-corrected chi connectivity index (χ1v) is 24.3. The van der Waals surface area contributed by atoms with E-state index in [0.29, 0.717) is 17.5 Å². The van der Waals surface area contributed by atoms with Crippen LogP contribution in [0.5, 0.6) is 0 Å². The van der Waals surface area contributed by atoms with E-state index < -0.39 is 0 Å². The molecule has 5 aromatic heterocycles. The van der Waals surface area contributed by atoms with E-state index in [0.717, 1.165) is 72.0 Å². The summed E-state index contributed by atoms with van der Waals surface area (Å²) in [6.07, 6.45) is 0. The molecule has 70 heavy (non-hydrogen) atoms. The van der Waals surface area contributed by atoms with Crippen molar-refractivity contribution in [2.24, 2.45) is 0 Å². The van der Waals surface area contributed by atoms with Crippen molar-refractivity contribution in [3.05, 3.63) is 224 Å². The van der Waals surface area contributed by atoms with Gasteiger partial charge in [0.1, 0.15) is 11.2 Å². The maximum absolute atomic E-state index is 6.66. The van der Waals surface area contributed by atoms with Crippen LogP contribution in [0.15, 0.2) is 229 Å². The van der Waals surface area contributed by atoms with Crippen LogP contribution in [0.2, 0.25) is 0 Å². The lowest BCUT2D eigenvalue weighted by atomic mass is 9.97. The Balaban J connectivity index is 0.908. The van der Waals surface area contributed by atoms with Crippen LogP contribution in [0.3, 0.4) is 0 Å². The summed E-state index contributed by atoms with van der Waals surface area (Å²) in [6, 6.07) is 79.6. The quantitative estimate of drug-likeness (QED) is 0.167. The Morgan fingerprint density at radius 3 is 1.66 bits per heavy atom. The van der Waals surface area contributed by atoms with Crippen LogP contribution >= 0.6 is 11.3 Å². The molecule has 0 aliphatic heterocycles. The molecule has 0 atom stereocenters. The average molecular weight is 912 g/mol. The third-order valence-corrected chi connectivity index (χ3v) is 15.1. The normalized spacial score (nSPS) is 12.0. The van der Waals surface area contributed by atoms with Gasteiger partial charge in [-0.15, -0.1) is 11.3 Å². The highest BCUT2D eigenvalue weighted by atomic mass is 32.1. The number of fused-ring (bicyclic) bond motifs is 12. The Bertz CT molecular complexity index is 4550. The Kier molecular flexibility index (Phi) is 8.43. The number of hydrogen-bond donors (Lipinski definition) is 0. The summed E-state index contributed by atoms with van der Waals surface area (Å²) in [5.74, 6) is 1.79. The number of para-hydroxylation sites is 4. The molecule has 0 bridgehead atoms. The van der Waals surface area contributed by atoms with Gasteiger partial charge in [-0.3, -0.25) is 0 Å². The van der Waals surface area contributed by atoms with Crippen molar-refractivity contribution in [1.29, 1.82) is 0 Å². The fourth-order valence-corrected chi connectivity index (χ4v) is 12.0. The van der Waals surface area contributed by atoms with Gasteiger partial charge in [0.2, 0.25) is 0 Å². The van der Waals surface area contributed by atoms with Gasteiger partial charge in [-0.1, -0.05) is 133 Å². The predicted molar refractivity (Wildman–Crippen MR) is 290 cm³/mol. The zero-order chi connectivity index (χ0) is 45.9. The predicted octanol–water partition coefficient (Wildman–Crippen LogP) is 17.0. The van der Waals surface area contributed by atoms with E-state index in [-0.39, 0.29) is 0 Å². The van der Waals surface area contributed by atoms with Gasteiger partial charge < -0.3 is 13.6 Å². The van der Waals surface area contributed by atoms with E-state index in [1.54, 1.807) is 0 Å². The van der Waals surface area contributed by atoms with Gasteiger partial charge in [0.05, 0.1) is 22.1 Å². The number of thiophene rings is 1. The lowest BCUT2D eigenvalue weighted by Gasteiger charge is -2.10. The van der Waals surface area contributed by atoms with E-state index in [9.17, 15) is 0 Å². The molecule has 0 spiro atoms. The zero-order valence-electron chi connectivity index (χ0n) is 37.4. The smallest absolute Gasteiger partial charge is 0.164 e. The number of aromatic nitrogens is 5. The molecule has 7 heteroatoms. The van der Waals surface area contributed by atoms with Crippen molar-refractivity contribution in [3.63, 3.8) is 0 Å². The van der Waals surface area contributed by atoms with Gasteiger partial charge >= 0.3 is 0 Å². The molecule has 0 saturated carbocycles. The van der Waals surface area contributed by atoms with Crippen molar-refractivity contribution in [2.45, 2.75) is 0 Å². The number of furan rings is 1. The fraction of sp³-hybridized carbons (Fsp3) is 0. The average Bonchev–Trinajstić information content (AvgIpc) is 4.18. The van der Waals surface area contributed by atoms with Crippen LogP contribution < -0.4 is 0 Å². The summed E-state index contributed by atoms with van der Waals surface area (Å²) in [5, 5.41) is 9.26. The van der Waals surface area contributed by atoms with Crippen molar-refractivity contribution in [1.82, 2.24) is 24.1 Å². The first-order valence-electron chi connectivity index (χ1n) is 23.5. The van der Waals surface area contributed by atoms with Gasteiger partial charge in [-0.05, 0) is 102 Å². The van der Waals surface area contributed by atoms with Crippen LogP contribution in [-0.4, -0.2) is 24.1 Å². The minimum Gasteiger partial charge on any atom is -0.456 e. The lowest BCUT2D eigenvalue weighted by Crippen LogP contribution is -2.00. The summed E-state index contributed by atoms with van der Waals surface area (Å²) < 4.78 is 13.9. The van der Waals surface area contributed by atoms with E-state index in [1.807, 2.05) is 41.7 Å². The minimum atomic E-state index is 0.581. The summed E-state index contributed by atoms with van der Waals surface area (Å²) >= 11 is 1.84. The number of nitrogens with zero attached hydrogens (tertiary/aromatic N) is 5. The van der Waals surface area contributed by atoms with Crippen molar-refractivity contribution >= 4 is 97.1 Å². The standard InChI is InChI=1S/C63H37N5OS/c1-3-15-38(16-4-1)61-64-62(40-29-32-54-48(36-40)46-21-9-12-26-53(46)67(54)41-17-5-2-6-18-41)66-63(65-61)47-23-13-27-56-59(47)49-35-39(30-33-55(49)69-56)43-22-14-28-58-60(43)50-37-42(31-34-57(50)70-58)68-51-24-10-7-19-44(51)45-20-8-11-25-52(45)68/h1-37H. The van der Waals surface area contributed by atoms with Gasteiger partial charge in [-0.25, -0.2) is 15.0 Å². The molecule has 0 aliphatic carbocycles. The van der Waals surface area contributed by atoms with E-state index in [1.165, 1.54) is 52.9 Å². The number of benzene rings is 10. The van der Waals surface area contributed by atoms with Crippen molar-refractivity contribution in [2.75, 3.05) is 0 Å². The monoisotopic (exact) mass is 911 g/mol. The van der Waals surface area contributed by atoms with Crippen LogP contribution in [0, 0.1) is 0 Å². The summed E-state index contributed by atoms with van der Waals surface area (Å²) in [5.41, 5.74) is 13.5. The van der Waals surface area contributed by atoms with E-state index >= 15 is 0 Å². The second kappa shape index (κ2) is 15.2. The van der Waals surface area contributed by atoms with Gasteiger partial charge in [0.25, 0.3) is 0 Å². The molecule has 0 aliphatic rings. The zero-order valence-corrected chi connectivity index (χ0v) is 38.2. The number of hydrogen-bond acceptors (Lipinski definition) is 5. The first kappa shape index (κ1) is 38.9. The molecular formula is C63H37N5OS.